The average molecular weight is 310 g/mol. The molecule has 0 atom stereocenters. The van der Waals surface area contributed by atoms with E-state index in [4.69, 9.17) is 0 Å². The van der Waals surface area contributed by atoms with E-state index in [-0.39, 0.29) is 0 Å². The normalized spacial score (nSPS) is 10.5. The minimum atomic E-state index is 1.02. The van der Waals surface area contributed by atoms with Crippen LogP contribution < -0.4 is 0 Å². The van der Waals surface area contributed by atoms with Crippen LogP contribution in [0.15, 0.2) is 0 Å². The van der Waals surface area contributed by atoms with Gasteiger partial charge in [-0.05, 0) is 0 Å². The molecular weight excluding hydrogens is 302 g/mol. The summed E-state index contributed by atoms with van der Waals surface area (Å²) in [6.45, 7) is 2.09. The van der Waals surface area contributed by atoms with E-state index >= 15 is 0 Å². The first-order chi connectivity index (χ1) is 3.81. The molecule has 0 rings (SSSR count). The van der Waals surface area contributed by atoms with Gasteiger partial charge in [-0.3, -0.25) is 0 Å². The van der Waals surface area contributed by atoms with Crippen molar-refractivity contribution >= 4 is 48.0 Å². The van der Waals surface area contributed by atoms with Crippen LogP contribution in [-0.2, 0) is 0 Å². The van der Waals surface area contributed by atoms with Crippen molar-refractivity contribution < 1.29 is 0 Å². The van der Waals surface area contributed by atoms with Gasteiger partial charge in [0, 0.05) is 39.9 Å². The Kier molecular flexibility index (Phi) is 7.66. The first-order valence-corrected chi connectivity index (χ1v) is 5.29. The van der Waals surface area contributed by atoms with Crippen molar-refractivity contribution in [1.82, 2.24) is 3.93 Å². The van der Waals surface area contributed by atoms with Crippen LogP contribution in [0.5, 0.6) is 0 Å². The molecule has 0 aliphatic rings. The van der Waals surface area contributed by atoms with Crippen molar-refractivity contribution in [3.63, 3.8) is 0 Å². The van der Waals surface area contributed by atoms with Crippen LogP contribution >= 0.6 is 48.0 Å². The summed E-state index contributed by atoms with van der Waals surface area (Å²) in [7, 11) is 0. The largest absolute Gasteiger partial charge is 0.241 e. The third-order valence-corrected chi connectivity index (χ3v) is 2.07. The Morgan fingerprint density at radius 3 is 1.62 bits per heavy atom. The quantitative estimate of drug-likeness (QED) is 0.569. The predicted octanol–water partition coefficient (Wildman–Crippen LogP) is 2.39. The molecule has 0 saturated heterocycles. The molecule has 0 unspecified atom stereocenters. The highest BCUT2D eigenvalue weighted by molar-refractivity contribution is 9.09. The van der Waals surface area contributed by atoms with E-state index in [2.05, 4.69) is 51.9 Å². The SMILES string of the molecule is BrCCN(Br)CCBr. The highest BCUT2D eigenvalue weighted by Crippen LogP contribution is 1.98. The third-order valence-electron chi connectivity index (χ3n) is 0.654. The zero-order valence-electron chi connectivity index (χ0n) is 4.41. The predicted molar refractivity (Wildman–Crippen MR) is 48.1 cm³/mol. The minimum Gasteiger partial charge on any atom is -0.241 e. The lowest BCUT2D eigenvalue weighted by atomic mass is 10.7. The van der Waals surface area contributed by atoms with Gasteiger partial charge in [0.1, 0.15) is 0 Å². The lowest BCUT2D eigenvalue weighted by Crippen LogP contribution is -2.15. The van der Waals surface area contributed by atoms with E-state index < -0.39 is 0 Å². The topological polar surface area (TPSA) is 3.24 Å². The molecule has 50 valence electrons. The molecule has 0 aromatic heterocycles. The number of halogens is 3. The minimum absolute atomic E-state index is 1.02. The fourth-order valence-corrected chi connectivity index (χ4v) is 2.46. The highest BCUT2D eigenvalue weighted by Gasteiger charge is 1.94. The van der Waals surface area contributed by atoms with Gasteiger partial charge in [-0.1, -0.05) is 31.9 Å². The first kappa shape index (κ1) is 9.40. The summed E-state index contributed by atoms with van der Waals surface area (Å²) < 4.78 is 2.08. The van der Waals surface area contributed by atoms with E-state index in [1.165, 1.54) is 0 Å². The van der Waals surface area contributed by atoms with Crippen molar-refractivity contribution in [2.75, 3.05) is 23.7 Å². The second-order valence-electron chi connectivity index (χ2n) is 1.29. The molecular formula is C4H8Br3N. The number of hydrogen-bond donors (Lipinski definition) is 0. The van der Waals surface area contributed by atoms with E-state index in [1.807, 2.05) is 0 Å². The molecule has 0 radical (unpaired) electrons. The summed E-state index contributed by atoms with van der Waals surface area (Å²) >= 11 is 10.0. The van der Waals surface area contributed by atoms with Gasteiger partial charge in [0.15, 0.2) is 0 Å². The van der Waals surface area contributed by atoms with Gasteiger partial charge in [-0.15, -0.1) is 0 Å². The van der Waals surface area contributed by atoms with Gasteiger partial charge < -0.3 is 0 Å². The first-order valence-electron chi connectivity index (χ1n) is 2.34. The molecule has 0 aliphatic carbocycles. The highest BCUT2D eigenvalue weighted by atomic mass is 79.9. The fourth-order valence-electron chi connectivity index (χ4n) is 0.295. The van der Waals surface area contributed by atoms with Crippen molar-refractivity contribution in [3.05, 3.63) is 0 Å². The van der Waals surface area contributed by atoms with Crippen LogP contribution in [0.2, 0.25) is 0 Å². The standard InChI is InChI=1S/C4H8Br3N/c5-1-3-8(7)4-2-6/h1-4H2. The molecule has 0 spiro atoms. The van der Waals surface area contributed by atoms with E-state index in [0.717, 1.165) is 23.7 Å². The van der Waals surface area contributed by atoms with Crippen LogP contribution in [-0.4, -0.2) is 27.7 Å². The average Bonchev–Trinajstić information content (AvgIpc) is 1.68. The number of rotatable bonds is 4. The second-order valence-corrected chi connectivity index (χ2v) is 3.88. The monoisotopic (exact) mass is 307 g/mol. The summed E-state index contributed by atoms with van der Waals surface area (Å²) in [6.07, 6.45) is 0. The van der Waals surface area contributed by atoms with Crippen molar-refractivity contribution in [2.24, 2.45) is 0 Å². The summed E-state index contributed by atoms with van der Waals surface area (Å²) in [5.41, 5.74) is 0. The lowest BCUT2D eigenvalue weighted by molar-refractivity contribution is 0.556. The van der Waals surface area contributed by atoms with Crippen LogP contribution in [0.4, 0.5) is 0 Å². The second kappa shape index (κ2) is 6.52. The van der Waals surface area contributed by atoms with Crippen LogP contribution in [0, 0.1) is 0 Å². The maximum Gasteiger partial charge on any atom is 0.0190 e. The van der Waals surface area contributed by atoms with Gasteiger partial charge in [-0.2, -0.15) is 0 Å². The zero-order chi connectivity index (χ0) is 6.41. The Labute approximate surface area is 75.4 Å². The summed E-state index contributed by atoms with van der Waals surface area (Å²) in [4.78, 5) is 0. The van der Waals surface area contributed by atoms with Crippen LogP contribution in [0.3, 0.4) is 0 Å². The molecule has 4 heteroatoms. The van der Waals surface area contributed by atoms with Gasteiger partial charge in [0.25, 0.3) is 0 Å². The molecule has 0 saturated carbocycles. The Bertz CT molecular complexity index is 44.5. The maximum atomic E-state index is 3.37. The molecule has 0 heterocycles. The van der Waals surface area contributed by atoms with Crippen LogP contribution in [0.1, 0.15) is 0 Å². The molecule has 0 fully saturated rings. The van der Waals surface area contributed by atoms with Crippen molar-refractivity contribution in [1.29, 1.82) is 0 Å². The Morgan fingerprint density at radius 2 is 1.38 bits per heavy atom. The maximum absolute atomic E-state index is 3.37. The van der Waals surface area contributed by atoms with Gasteiger partial charge in [0.05, 0.1) is 0 Å². The summed E-state index contributed by atoms with van der Waals surface area (Å²) in [6, 6.07) is 0. The smallest absolute Gasteiger partial charge is 0.0190 e. The molecule has 0 aliphatic heterocycles. The van der Waals surface area contributed by atoms with Crippen LogP contribution in [0.25, 0.3) is 0 Å². The summed E-state index contributed by atoms with van der Waals surface area (Å²) in [5.74, 6) is 0. The van der Waals surface area contributed by atoms with Crippen molar-refractivity contribution in [2.45, 2.75) is 0 Å². The molecule has 8 heavy (non-hydrogen) atoms. The Balaban J connectivity index is 2.92. The summed E-state index contributed by atoms with van der Waals surface area (Å²) in [5, 5.41) is 2.04. The van der Waals surface area contributed by atoms with E-state index in [9.17, 15) is 0 Å². The van der Waals surface area contributed by atoms with E-state index in [1.54, 1.807) is 0 Å². The Morgan fingerprint density at radius 1 is 1.00 bits per heavy atom. The molecule has 1 nitrogen and oxygen atoms in total. The number of nitrogens with zero attached hydrogens (tertiary/aromatic N) is 1. The van der Waals surface area contributed by atoms with Gasteiger partial charge in [0.2, 0.25) is 0 Å². The molecule has 0 aromatic rings. The molecule has 0 aromatic carbocycles. The van der Waals surface area contributed by atoms with Gasteiger partial charge >= 0.3 is 0 Å². The zero-order valence-corrected chi connectivity index (χ0v) is 9.17. The Hall–Kier alpha value is 1.40. The van der Waals surface area contributed by atoms with E-state index in [0.29, 0.717) is 0 Å². The van der Waals surface area contributed by atoms with Gasteiger partial charge in [-0.25, -0.2) is 3.93 Å². The third kappa shape index (κ3) is 5.54. The fraction of sp³-hybridized carbons (Fsp3) is 1.00. The molecule has 0 bridgehead atoms. The van der Waals surface area contributed by atoms with Crippen molar-refractivity contribution in [3.8, 4) is 0 Å². The molecule has 0 amide bonds. The number of hydrogen-bond acceptors (Lipinski definition) is 1. The lowest BCUT2D eigenvalue weighted by Gasteiger charge is -2.08. The number of alkyl halides is 2. The molecule has 0 N–H and O–H groups in total.